The maximum Gasteiger partial charge on any atom is 0.434 e. The van der Waals surface area contributed by atoms with Crippen molar-refractivity contribution in [3.8, 4) is 0 Å². The average molecular weight is 496 g/mol. The van der Waals surface area contributed by atoms with E-state index in [1.165, 1.54) is 0 Å². The van der Waals surface area contributed by atoms with Gasteiger partial charge in [-0.1, -0.05) is 35.5 Å². The molecule has 0 saturated heterocycles. The fraction of sp³-hybridized carbons (Fsp3) is 0.458. The molecule has 184 valence electrons. The highest BCUT2D eigenvalue weighted by molar-refractivity contribution is 8.16. The predicted molar refractivity (Wildman–Crippen MR) is 126 cm³/mol. The Balaban J connectivity index is 2.22. The molecule has 1 unspecified atom stereocenters. The summed E-state index contributed by atoms with van der Waals surface area (Å²) in [5.41, 5.74) is 0.646. The molecule has 0 bridgehead atoms. The Morgan fingerprint density at radius 2 is 1.88 bits per heavy atom. The van der Waals surface area contributed by atoms with Crippen LogP contribution in [0.3, 0.4) is 0 Å². The van der Waals surface area contributed by atoms with Crippen molar-refractivity contribution in [1.82, 2.24) is 10.2 Å². The number of amidine groups is 1. The van der Waals surface area contributed by atoms with Crippen LogP contribution in [-0.2, 0) is 14.3 Å². The number of aryl methyl sites for hydroxylation is 2. The Labute approximate surface area is 201 Å². The average Bonchev–Trinajstić information content (AvgIpc) is 3.09. The van der Waals surface area contributed by atoms with E-state index >= 15 is 0 Å². The van der Waals surface area contributed by atoms with Gasteiger partial charge in [0.25, 0.3) is 0 Å². The molecule has 0 radical (unpaired) electrons. The van der Waals surface area contributed by atoms with Crippen LogP contribution in [0.25, 0.3) is 0 Å². The first kappa shape index (κ1) is 25.9. The third kappa shape index (κ3) is 5.48. The molecule has 10 heteroatoms. The summed E-state index contributed by atoms with van der Waals surface area (Å²) in [6.07, 6.45) is -5.57. The molecule has 1 aromatic carbocycles. The number of thioether (sulfide) groups is 1. The molecule has 0 aromatic heterocycles. The molecular formula is C24H28F3N3O3S. The fourth-order valence-electron chi connectivity index (χ4n) is 3.84. The van der Waals surface area contributed by atoms with Crippen LogP contribution in [0.15, 0.2) is 45.6 Å². The number of carbonyl (C=O) groups excluding carboxylic acids is 2. The number of amides is 1. The summed E-state index contributed by atoms with van der Waals surface area (Å²) in [5, 5.41) is 4.47. The van der Waals surface area contributed by atoms with Gasteiger partial charge in [-0.05, 0) is 58.1 Å². The Morgan fingerprint density at radius 3 is 2.47 bits per heavy atom. The van der Waals surface area contributed by atoms with Crippen LogP contribution in [0.4, 0.5) is 13.2 Å². The highest BCUT2D eigenvalue weighted by atomic mass is 32.2. The molecule has 1 aromatic rings. The van der Waals surface area contributed by atoms with Crippen LogP contribution < -0.4 is 5.32 Å². The second-order valence-corrected chi connectivity index (χ2v) is 9.70. The SMILES string of the molecule is Cc1ccc(C)c(C2C(C(=O)OC(C)C)=C(C(F)(F)F)N=C3SC=C(CC(=O)NC(C)C)N32)c1. The van der Waals surface area contributed by atoms with Gasteiger partial charge in [-0.2, -0.15) is 13.2 Å². The van der Waals surface area contributed by atoms with E-state index in [4.69, 9.17) is 4.74 Å². The van der Waals surface area contributed by atoms with E-state index < -0.39 is 35.6 Å². The molecule has 34 heavy (non-hydrogen) atoms. The number of ether oxygens (including phenoxy) is 1. The van der Waals surface area contributed by atoms with Crippen molar-refractivity contribution < 1.29 is 27.5 Å². The smallest absolute Gasteiger partial charge is 0.434 e. The molecular weight excluding hydrogens is 467 g/mol. The quantitative estimate of drug-likeness (QED) is 0.544. The maximum atomic E-state index is 14.2. The third-order valence-electron chi connectivity index (χ3n) is 5.16. The number of nitrogens with one attached hydrogen (secondary N) is 1. The second-order valence-electron chi connectivity index (χ2n) is 8.87. The lowest BCUT2D eigenvalue weighted by molar-refractivity contribution is -0.145. The van der Waals surface area contributed by atoms with Gasteiger partial charge in [0.05, 0.1) is 24.1 Å². The predicted octanol–water partition coefficient (Wildman–Crippen LogP) is 5.29. The van der Waals surface area contributed by atoms with Gasteiger partial charge in [-0.15, -0.1) is 0 Å². The number of carbonyl (C=O) groups is 2. The summed E-state index contributed by atoms with van der Waals surface area (Å²) in [5.74, 6) is -1.36. The minimum atomic E-state index is -4.88. The number of benzene rings is 1. The molecule has 0 fully saturated rings. The van der Waals surface area contributed by atoms with Gasteiger partial charge in [-0.25, -0.2) is 9.79 Å². The molecule has 1 amide bonds. The van der Waals surface area contributed by atoms with E-state index in [-0.39, 0.29) is 23.5 Å². The lowest BCUT2D eigenvalue weighted by Crippen LogP contribution is -2.41. The molecule has 1 N–H and O–H groups in total. The minimum Gasteiger partial charge on any atom is -0.459 e. The first-order valence-electron chi connectivity index (χ1n) is 10.9. The van der Waals surface area contributed by atoms with Crippen LogP contribution in [-0.4, -0.2) is 40.3 Å². The number of allylic oxidation sites excluding steroid dienone is 1. The second kappa shape index (κ2) is 9.85. The standard InChI is InChI=1S/C24H28F3N3O3S/c1-12(2)28-18(31)10-16-11-34-23-29-21(24(25,26)27)19(22(32)33-13(3)4)20(30(16)23)17-9-14(5)7-8-15(17)6/h7-9,11-13,20H,10H2,1-6H3,(H,28,31). The van der Waals surface area contributed by atoms with Crippen molar-refractivity contribution in [1.29, 1.82) is 0 Å². The first-order chi connectivity index (χ1) is 15.8. The third-order valence-corrected chi connectivity index (χ3v) is 6.05. The van der Waals surface area contributed by atoms with Crippen molar-refractivity contribution in [3.05, 3.63) is 57.3 Å². The van der Waals surface area contributed by atoms with E-state index in [9.17, 15) is 22.8 Å². The summed E-state index contributed by atoms with van der Waals surface area (Å²) in [7, 11) is 0. The Kier molecular flexibility index (Phi) is 7.50. The number of esters is 1. The Hall–Kier alpha value is -2.75. The largest absolute Gasteiger partial charge is 0.459 e. The topological polar surface area (TPSA) is 71.0 Å². The Bertz CT molecular complexity index is 1090. The van der Waals surface area contributed by atoms with Crippen LogP contribution in [0.1, 0.15) is 56.8 Å². The van der Waals surface area contributed by atoms with E-state index in [1.807, 2.05) is 26.8 Å². The number of rotatable bonds is 6. The summed E-state index contributed by atoms with van der Waals surface area (Å²) in [6, 6.07) is 4.16. The van der Waals surface area contributed by atoms with E-state index in [2.05, 4.69) is 10.3 Å². The Morgan fingerprint density at radius 1 is 1.21 bits per heavy atom. The van der Waals surface area contributed by atoms with Crippen molar-refractivity contribution in [2.75, 3.05) is 0 Å². The molecule has 2 aliphatic heterocycles. The molecule has 0 aliphatic carbocycles. The fourth-order valence-corrected chi connectivity index (χ4v) is 4.76. The molecule has 0 saturated carbocycles. The van der Waals surface area contributed by atoms with Crippen LogP contribution in [0.2, 0.25) is 0 Å². The van der Waals surface area contributed by atoms with Crippen molar-refractivity contribution in [3.63, 3.8) is 0 Å². The van der Waals surface area contributed by atoms with E-state index in [0.717, 1.165) is 17.3 Å². The van der Waals surface area contributed by atoms with Gasteiger partial charge >= 0.3 is 12.1 Å². The van der Waals surface area contributed by atoms with Crippen LogP contribution >= 0.6 is 11.8 Å². The highest BCUT2D eigenvalue weighted by Crippen LogP contribution is 2.48. The molecule has 1 atom stereocenters. The molecule has 0 spiro atoms. The lowest BCUT2D eigenvalue weighted by Gasteiger charge is -2.38. The van der Waals surface area contributed by atoms with Crippen molar-refractivity contribution in [2.24, 2.45) is 4.99 Å². The molecule has 2 aliphatic rings. The highest BCUT2D eigenvalue weighted by Gasteiger charge is 2.49. The number of alkyl halides is 3. The first-order valence-corrected chi connectivity index (χ1v) is 11.8. The van der Waals surface area contributed by atoms with Gasteiger partial charge in [0.1, 0.15) is 0 Å². The minimum absolute atomic E-state index is 0.0617. The van der Waals surface area contributed by atoms with Crippen LogP contribution in [0.5, 0.6) is 0 Å². The number of hydrogen-bond acceptors (Lipinski definition) is 6. The number of hydrogen-bond donors (Lipinski definition) is 1. The number of aliphatic imine (C=N–C) groups is 1. The van der Waals surface area contributed by atoms with Gasteiger partial charge in [0.15, 0.2) is 10.9 Å². The molecule has 3 rings (SSSR count). The zero-order chi connectivity index (χ0) is 25.4. The summed E-state index contributed by atoms with van der Waals surface area (Å²) < 4.78 is 47.8. The summed E-state index contributed by atoms with van der Waals surface area (Å²) in [6.45, 7) is 10.4. The normalized spacial score (nSPS) is 18.2. The van der Waals surface area contributed by atoms with Gasteiger partial charge < -0.3 is 15.0 Å². The van der Waals surface area contributed by atoms with E-state index in [0.29, 0.717) is 16.8 Å². The van der Waals surface area contributed by atoms with E-state index in [1.54, 1.807) is 43.2 Å². The van der Waals surface area contributed by atoms with Crippen LogP contribution in [0, 0.1) is 13.8 Å². The number of nitrogens with zero attached hydrogens (tertiary/aromatic N) is 2. The van der Waals surface area contributed by atoms with Gasteiger partial charge in [0, 0.05) is 11.7 Å². The molecule has 2 heterocycles. The number of fused-ring (bicyclic) bond motifs is 1. The zero-order valence-electron chi connectivity index (χ0n) is 19.9. The summed E-state index contributed by atoms with van der Waals surface area (Å²) in [4.78, 5) is 31.0. The summed E-state index contributed by atoms with van der Waals surface area (Å²) >= 11 is 0.999. The van der Waals surface area contributed by atoms with Crippen molar-refractivity contribution in [2.45, 2.75) is 72.3 Å². The molecule has 6 nitrogen and oxygen atoms in total. The van der Waals surface area contributed by atoms with Crippen molar-refractivity contribution >= 4 is 28.8 Å². The zero-order valence-corrected chi connectivity index (χ0v) is 20.7. The number of halogens is 3. The van der Waals surface area contributed by atoms with Gasteiger partial charge in [0.2, 0.25) is 5.91 Å². The van der Waals surface area contributed by atoms with Gasteiger partial charge in [-0.3, -0.25) is 4.79 Å². The lowest BCUT2D eigenvalue weighted by atomic mass is 9.89. The maximum absolute atomic E-state index is 14.2. The monoisotopic (exact) mass is 495 g/mol.